The number of aryl methyl sites for hydroxylation is 2. The van der Waals surface area contributed by atoms with Crippen LogP contribution in [-0.2, 0) is 12.8 Å². The highest BCUT2D eigenvalue weighted by atomic mass is 14.6. The van der Waals surface area contributed by atoms with Gasteiger partial charge in [-0.2, -0.15) is 0 Å². The van der Waals surface area contributed by atoms with Crippen LogP contribution in [0.5, 0.6) is 0 Å². The first kappa shape index (κ1) is 15.2. The van der Waals surface area contributed by atoms with Crippen molar-refractivity contribution in [3.63, 3.8) is 0 Å². The molecule has 1 nitrogen and oxygen atoms in total. The predicted molar refractivity (Wildman–Crippen MR) is 80.9 cm³/mol. The average molecular weight is 247 g/mol. The molecule has 0 bridgehead atoms. The summed E-state index contributed by atoms with van der Waals surface area (Å²) in [4.78, 5) is 0. The molecular weight excluding hydrogens is 218 g/mol. The smallest absolute Gasteiger partial charge is 0.00388 e. The van der Waals surface area contributed by atoms with Gasteiger partial charge in [0.2, 0.25) is 0 Å². The SMILES string of the molecule is CCCCc1ccc(CCCC(N)CCC)cc1. The molecule has 0 aliphatic carbocycles. The fourth-order valence-electron chi connectivity index (χ4n) is 2.34. The summed E-state index contributed by atoms with van der Waals surface area (Å²) < 4.78 is 0. The van der Waals surface area contributed by atoms with Gasteiger partial charge in [0.05, 0.1) is 0 Å². The maximum atomic E-state index is 6.03. The highest BCUT2D eigenvalue weighted by Crippen LogP contribution is 2.11. The summed E-state index contributed by atoms with van der Waals surface area (Å²) >= 11 is 0. The standard InChI is InChI=1S/C17H29N/c1-3-5-8-15-11-13-16(14-12-15)9-6-10-17(18)7-4-2/h11-14,17H,3-10,18H2,1-2H3. The van der Waals surface area contributed by atoms with Crippen molar-refractivity contribution in [2.45, 2.75) is 71.3 Å². The number of unbranched alkanes of at least 4 members (excludes halogenated alkanes) is 1. The van der Waals surface area contributed by atoms with E-state index in [9.17, 15) is 0 Å². The lowest BCUT2D eigenvalue weighted by Gasteiger charge is -2.10. The van der Waals surface area contributed by atoms with Crippen LogP contribution in [0.1, 0.15) is 63.5 Å². The van der Waals surface area contributed by atoms with Gasteiger partial charge in [-0.1, -0.05) is 51.0 Å². The molecule has 1 atom stereocenters. The van der Waals surface area contributed by atoms with Gasteiger partial charge in [0.1, 0.15) is 0 Å². The first-order chi connectivity index (χ1) is 8.76. The van der Waals surface area contributed by atoms with E-state index in [1.807, 2.05) is 0 Å². The molecule has 1 rings (SSSR count). The monoisotopic (exact) mass is 247 g/mol. The van der Waals surface area contributed by atoms with Gasteiger partial charge in [-0.3, -0.25) is 0 Å². The number of nitrogens with two attached hydrogens (primary N) is 1. The van der Waals surface area contributed by atoms with E-state index in [4.69, 9.17) is 5.73 Å². The minimum atomic E-state index is 0.402. The highest BCUT2D eigenvalue weighted by Gasteiger charge is 2.01. The van der Waals surface area contributed by atoms with Crippen molar-refractivity contribution >= 4 is 0 Å². The van der Waals surface area contributed by atoms with Crippen LogP contribution in [0.4, 0.5) is 0 Å². The third kappa shape index (κ3) is 6.20. The number of hydrogen-bond acceptors (Lipinski definition) is 1. The lowest BCUT2D eigenvalue weighted by Crippen LogP contribution is -2.19. The second-order valence-electron chi connectivity index (χ2n) is 5.36. The zero-order valence-corrected chi connectivity index (χ0v) is 12.1. The zero-order valence-electron chi connectivity index (χ0n) is 12.1. The quantitative estimate of drug-likeness (QED) is 0.684. The van der Waals surface area contributed by atoms with E-state index in [1.165, 1.54) is 49.7 Å². The van der Waals surface area contributed by atoms with Crippen LogP contribution in [0.25, 0.3) is 0 Å². The second kappa shape index (κ2) is 9.16. The fourth-order valence-corrected chi connectivity index (χ4v) is 2.34. The lowest BCUT2D eigenvalue weighted by atomic mass is 10.0. The Labute approximate surface area is 113 Å². The summed E-state index contributed by atoms with van der Waals surface area (Å²) in [6, 6.07) is 9.56. The molecule has 0 aliphatic heterocycles. The van der Waals surface area contributed by atoms with E-state index in [0.717, 1.165) is 12.8 Å². The molecule has 0 heterocycles. The van der Waals surface area contributed by atoms with Crippen molar-refractivity contribution in [3.8, 4) is 0 Å². The molecule has 18 heavy (non-hydrogen) atoms. The van der Waals surface area contributed by atoms with Crippen molar-refractivity contribution in [1.29, 1.82) is 0 Å². The van der Waals surface area contributed by atoms with Crippen LogP contribution in [0.2, 0.25) is 0 Å². The summed E-state index contributed by atoms with van der Waals surface area (Å²) in [5, 5.41) is 0. The minimum absolute atomic E-state index is 0.402. The van der Waals surface area contributed by atoms with Crippen LogP contribution in [0, 0.1) is 0 Å². The molecule has 0 saturated carbocycles. The van der Waals surface area contributed by atoms with Gasteiger partial charge >= 0.3 is 0 Å². The third-order valence-corrected chi connectivity index (χ3v) is 3.54. The van der Waals surface area contributed by atoms with Crippen molar-refractivity contribution in [2.75, 3.05) is 0 Å². The molecule has 0 aromatic heterocycles. The summed E-state index contributed by atoms with van der Waals surface area (Å²) in [7, 11) is 0. The van der Waals surface area contributed by atoms with Gasteiger partial charge in [-0.15, -0.1) is 0 Å². The summed E-state index contributed by atoms with van der Waals surface area (Å²) in [6.45, 7) is 4.45. The Bertz CT molecular complexity index is 302. The molecule has 1 aromatic carbocycles. The molecule has 0 amide bonds. The molecule has 1 aromatic rings. The van der Waals surface area contributed by atoms with E-state index in [2.05, 4.69) is 38.1 Å². The Balaban J connectivity index is 2.26. The van der Waals surface area contributed by atoms with Crippen molar-refractivity contribution < 1.29 is 0 Å². The van der Waals surface area contributed by atoms with E-state index < -0.39 is 0 Å². The summed E-state index contributed by atoms with van der Waals surface area (Å²) in [5.41, 5.74) is 8.96. The Morgan fingerprint density at radius 2 is 1.39 bits per heavy atom. The number of hydrogen-bond donors (Lipinski definition) is 1. The highest BCUT2D eigenvalue weighted by molar-refractivity contribution is 5.22. The van der Waals surface area contributed by atoms with Crippen LogP contribution < -0.4 is 5.73 Å². The van der Waals surface area contributed by atoms with Gasteiger partial charge in [0.15, 0.2) is 0 Å². The van der Waals surface area contributed by atoms with Crippen molar-refractivity contribution in [3.05, 3.63) is 35.4 Å². The van der Waals surface area contributed by atoms with Crippen molar-refractivity contribution in [2.24, 2.45) is 5.73 Å². The summed E-state index contributed by atoms with van der Waals surface area (Å²) in [6.07, 6.45) is 9.70. The van der Waals surface area contributed by atoms with Crippen molar-refractivity contribution in [1.82, 2.24) is 0 Å². The second-order valence-corrected chi connectivity index (χ2v) is 5.36. The van der Waals surface area contributed by atoms with Gasteiger partial charge in [-0.25, -0.2) is 0 Å². The van der Waals surface area contributed by atoms with Gasteiger partial charge in [0.25, 0.3) is 0 Å². The first-order valence-electron chi connectivity index (χ1n) is 7.59. The van der Waals surface area contributed by atoms with E-state index in [1.54, 1.807) is 0 Å². The molecular formula is C17H29N. The van der Waals surface area contributed by atoms with Crippen LogP contribution in [0.15, 0.2) is 24.3 Å². The molecule has 0 radical (unpaired) electrons. The Morgan fingerprint density at radius 3 is 1.89 bits per heavy atom. The van der Waals surface area contributed by atoms with E-state index >= 15 is 0 Å². The first-order valence-corrected chi connectivity index (χ1v) is 7.59. The molecule has 0 saturated heterocycles. The molecule has 1 unspecified atom stereocenters. The van der Waals surface area contributed by atoms with E-state index in [-0.39, 0.29) is 0 Å². The Kier molecular flexibility index (Phi) is 7.75. The topological polar surface area (TPSA) is 26.0 Å². The average Bonchev–Trinajstić information content (AvgIpc) is 2.38. The molecule has 102 valence electrons. The fraction of sp³-hybridized carbons (Fsp3) is 0.647. The molecule has 0 aliphatic rings. The normalized spacial score (nSPS) is 12.6. The molecule has 0 spiro atoms. The Hall–Kier alpha value is -0.820. The molecule has 2 N–H and O–H groups in total. The lowest BCUT2D eigenvalue weighted by molar-refractivity contribution is 0.539. The summed E-state index contributed by atoms with van der Waals surface area (Å²) in [5.74, 6) is 0. The Morgan fingerprint density at radius 1 is 0.833 bits per heavy atom. The zero-order chi connectivity index (χ0) is 13.2. The number of benzene rings is 1. The number of rotatable bonds is 9. The van der Waals surface area contributed by atoms with Crippen LogP contribution in [0.3, 0.4) is 0 Å². The largest absolute Gasteiger partial charge is 0.328 e. The predicted octanol–water partition coefficient (Wildman–Crippen LogP) is 4.48. The minimum Gasteiger partial charge on any atom is -0.328 e. The molecule has 0 fully saturated rings. The van der Waals surface area contributed by atoms with Crippen LogP contribution in [-0.4, -0.2) is 6.04 Å². The molecule has 1 heteroatoms. The van der Waals surface area contributed by atoms with Gasteiger partial charge in [0, 0.05) is 6.04 Å². The van der Waals surface area contributed by atoms with Gasteiger partial charge in [-0.05, 0) is 49.7 Å². The van der Waals surface area contributed by atoms with E-state index in [0.29, 0.717) is 6.04 Å². The maximum absolute atomic E-state index is 6.03. The maximum Gasteiger partial charge on any atom is 0.00388 e. The third-order valence-electron chi connectivity index (χ3n) is 3.54. The van der Waals surface area contributed by atoms with Gasteiger partial charge < -0.3 is 5.73 Å². The van der Waals surface area contributed by atoms with Crippen LogP contribution >= 0.6 is 0 Å².